The van der Waals surface area contributed by atoms with Gasteiger partial charge in [0.05, 0.1) is 0 Å². The molecular weight excluding hydrogens is 246 g/mol. The SMILES string of the molecule is CN(Cc1cccc(O)c1)S(=O)(=O)CC(=O)O. The van der Waals surface area contributed by atoms with Crippen LogP contribution in [0.5, 0.6) is 5.75 Å². The van der Waals surface area contributed by atoms with E-state index in [1.54, 1.807) is 12.1 Å². The van der Waals surface area contributed by atoms with Crippen LogP contribution < -0.4 is 0 Å². The van der Waals surface area contributed by atoms with E-state index in [1.165, 1.54) is 19.2 Å². The van der Waals surface area contributed by atoms with Gasteiger partial charge < -0.3 is 10.2 Å². The summed E-state index contributed by atoms with van der Waals surface area (Å²) in [5.41, 5.74) is 0.585. The van der Waals surface area contributed by atoms with Gasteiger partial charge in [0.1, 0.15) is 5.75 Å². The molecule has 2 N–H and O–H groups in total. The van der Waals surface area contributed by atoms with Gasteiger partial charge in [0, 0.05) is 13.6 Å². The minimum Gasteiger partial charge on any atom is -0.508 e. The molecule has 0 amide bonds. The fraction of sp³-hybridized carbons (Fsp3) is 0.300. The summed E-state index contributed by atoms with van der Waals surface area (Å²) < 4.78 is 24.0. The van der Waals surface area contributed by atoms with E-state index in [4.69, 9.17) is 5.11 Å². The largest absolute Gasteiger partial charge is 0.508 e. The maximum Gasteiger partial charge on any atom is 0.320 e. The standard InChI is InChI=1S/C10H13NO5S/c1-11(17(15,16)7-10(13)14)6-8-3-2-4-9(12)5-8/h2-5,12H,6-7H2,1H3,(H,13,14). The number of carboxylic acid groups (broad SMARTS) is 1. The maximum absolute atomic E-state index is 11.5. The monoisotopic (exact) mass is 259 g/mol. The first-order chi connectivity index (χ1) is 7.81. The van der Waals surface area contributed by atoms with Crippen molar-refractivity contribution in [3.8, 4) is 5.75 Å². The summed E-state index contributed by atoms with van der Waals surface area (Å²) in [7, 11) is -2.52. The third kappa shape index (κ3) is 4.04. The van der Waals surface area contributed by atoms with Crippen molar-refractivity contribution in [2.75, 3.05) is 12.8 Å². The number of phenols is 1. The molecule has 94 valence electrons. The van der Waals surface area contributed by atoms with E-state index in [1.807, 2.05) is 0 Å². The zero-order valence-electron chi connectivity index (χ0n) is 9.20. The number of hydrogen-bond donors (Lipinski definition) is 2. The number of carbonyl (C=O) groups is 1. The van der Waals surface area contributed by atoms with Crippen molar-refractivity contribution < 1.29 is 23.4 Å². The van der Waals surface area contributed by atoms with Gasteiger partial charge >= 0.3 is 5.97 Å². The number of phenolic OH excluding ortho intramolecular Hbond substituents is 1. The van der Waals surface area contributed by atoms with Crippen LogP contribution in [-0.4, -0.2) is 41.7 Å². The van der Waals surface area contributed by atoms with Gasteiger partial charge in [-0.3, -0.25) is 4.79 Å². The summed E-state index contributed by atoms with van der Waals surface area (Å²) in [6.07, 6.45) is 0. The molecule has 0 saturated carbocycles. The van der Waals surface area contributed by atoms with Crippen molar-refractivity contribution in [1.82, 2.24) is 4.31 Å². The number of rotatable bonds is 5. The first-order valence-corrected chi connectivity index (χ1v) is 6.36. The van der Waals surface area contributed by atoms with Crippen molar-refractivity contribution in [3.05, 3.63) is 29.8 Å². The van der Waals surface area contributed by atoms with E-state index >= 15 is 0 Å². The Kier molecular flexibility index (Phi) is 4.08. The second kappa shape index (κ2) is 5.15. The molecule has 0 spiro atoms. The number of hydrogen-bond acceptors (Lipinski definition) is 4. The third-order valence-corrected chi connectivity index (χ3v) is 3.79. The van der Waals surface area contributed by atoms with E-state index in [-0.39, 0.29) is 12.3 Å². The third-order valence-electron chi connectivity index (χ3n) is 2.10. The van der Waals surface area contributed by atoms with Gasteiger partial charge in [-0.2, -0.15) is 0 Å². The number of nitrogens with zero attached hydrogens (tertiary/aromatic N) is 1. The molecule has 1 rings (SSSR count). The number of benzene rings is 1. The Morgan fingerprint density at radius 2 is 2.06 bits per heavy atom. The van der Waals surface area contributed by atoms with Crippen molar-refractivity contribution >= 4 is 16.0 Å². The van der Waals surface area contributed by atoms with Crippen LogP contribution in [0.25, 0.3) is 0 Å². The number of carboxylic acids is 1. The van der Waals surface area contributed by atoms with Gasteiger partial charge in [0.15, 0.2) is 5.75 Å². The minimum atomic E-state index is -3.82. The summed E-state index contributed by atoms with van der Waals surface area (Å²) in [5, 5.41) is 17.7. The quantitative estimate of drug-likeness (QED) is 0.789. The molecule has 0 unspecified atom stereocenters. The zero-order valence-corrected chi connectivity index (χ0v) is 10.0. The summed E-state index contributed by atoms with van der Waals surface area (Å²) >= 11 is 0. The Labute approximate surface area is 99.2 Å². The van der Waals surface area contributed by atoms with Crippen LogP contribution in [0.3, 0.4) is 0 Å². The number of aromatic hydroxyl groups is 1. The fourth-order valence-corrected chi connectivity index (χ4v) is 2.15. The number of sulfonamides is 1. The first-order valence-electron chi connectivity index (χ1n) is 4.75. The van der Waals surface area contributed by atoms with Gasteiger partial charge in [-0.25, -0.2) is 12.7 Å². The molecule has 0 atom stereocenters. The minimum absolute atomic E-state index is 0.0179. The second-order valence-corrected chi connectivity index (χ2v) is 5.65. The van der Waals surface area contributed by atoms with Crippen molar-refractivity contribution in [2.45, 2.75) is 6.54 Å². The maximum atomic E-state index is 11.5. The molecular formula is C10H13NO5S. The van der Waals surface area contributed by atoms with E-state index in [9.17, 15) is 18.3 Å². The molecule has 0 radical (unpaired) electrons. The van der Waals surface area contributed by atoms with Crippen LogP contribution >= 0.6 is 0 Å². The Morgan fingerprint density at radius 1 is 1.41 bits per heavy atom. The Bertz CT molecular complexity index is 511. The molecule has 0 aliphatic carbocycles. The van der Waals surface area contributed by atoms with E-state index in [0.717, 1.165) is 4.31 Å². The highest BCUT2D eigenvalue weighted by Gasteiger charge is 2.21. The van der Waals surface area contributed by atoms with Crippen LogP contribution in [0.15, 0.2) is 24.3 Å². The molecule has 1 aromatic carbocycles. The highest BCUT2D eigenvalue weighted by Crippen LogP contribution is 2.13. The normalized spacial score (nSPS) is 11.6. The molecule has 0 aliphatic heterocycles. The average Bonchev–Trinajstić information content (AvgIpc) is 2.15. The molecule has 0 saturated heterocycles. The predicted octanol–water partition coefficient (Wildman–Crippen LogP) is 0.238. The highest BCUT2D eigenvalue weighted by atomic mass is 32.2. The highest BCUT2D eigenvalue weighted by molar-refractivity contribution is 7.89. The predicted molar refractivity (Wildman–Crippen MR) is 61.0 cm³/mol. The molecule has 0 bridgehead atoms. The molecule has 6 nitrogen and oxygen atoms in total. The van der Waals surface area contributed by atoms with Crippen LogP contribution in [0.4, 0.5) is 0 Å². The van der Waals surface area contributed by atoms with Gasteiger partial charge in [0.2, 0.25) is 10.0 Å². The topological polar surface area (TPSA) is 94.9 Å². The fourth-order valence-electron chi connectivity index (χ4n) is 1.28. The van der Waals surface area contributed by atoms with E-state index in [0.29, 0.717) is 5.56 Å². The zero-order chi connectivity index (χ0) is 13.1. The van der Waals surface area contributed by atoms with Crippen LogP contribution in [0.1, 0.15) is 5.56 Å². The summed E-state index contributed by atoms with van der Waals surface area (Å²) in [6, 6.07) is 6.12. The Balaban J connectivity index is 2.79. The Hall–Kier alpha value is -1.60. The molecule has 7 heteroatoms. The van der Waals surface area contributed by atoms with E-state index in [2.05, 4.69) is 0 Å². The smallest absolute Gasteiger partial charge is 0.320 e. The number of aliphatic carboxylic acids is 1. The second-order valence-electron chi connectivity index (χ2n) is 3.58. The summed E-state index contributed by atoms with van der Waals surface area (Å²) in [5.74, 6) is -2.30. The average molecular weight is 259 g/mol. The molecule has 0 fully saturated rings. The lowest BCUT2D eigenvalue weighted by molar-refractivity contribution is -0.134. The molecule has 0 aliphatic rings. The molecule has 0 heterocycles. The van der Waals surface area contributed by atoms with Crippen LogP contribution in [-0.2, 0) is 21.4 Å². The first kappa shape index (κ1) is 13.5. The van der Waals surface area contributed by atoms with Gasteiger partial charge in [-0.05, 0) is 17.7 Å². The van der Waals surface area contributed by atoms with Crippen LogP contribution in [0.2, 0.25) is 0 Å². The van der Waals surface area contributed by atoms with Gasteiger partial charge in [0.25, 0.3) is 0 Å². The summed E-state index contributed by atoms with van der Waals surface area (Å²) in [6.45, 7) is 0.0179. The van der Waals surface area contributed by atoms with Crippen molar-refractivity contribution in [1.29, 1.82) is 0 Å². The molecule has 1 aromatic rings. The molecule has 0 aromatic heterocycles. The molecule has 17 heavy (non-hydrogen) atoms. The van der Waals surface area contributed by atoms with Crippen molar-refractivity contribution in [2.24, 2.45) is 0 Å². The van der Waals surface area contributed by atoms with Gasteiger partial charge in [-0.1, -0.05) is 12.1 Å². The van der Waals surface area contributed by atoms with E-state index < -0.39 is 21.7 Å². The van der Waals surface area contributed by atoms with Crippen molar-refractivity contribution in [3.63, 3.8) is 0 Å². The lowest BCUT2D eigenvalue weighted by Gasteiger charge is -2.15. The van der Waals surface area contributed by atoms with Gasteiger partial charge in [-0.15, -0.1) is 0 Å². The lowest BCUT2D eigenvalue weighted by atomic mass is 10.2. The lowest BCUT2D eigenvalue weighted by Crippen LogP contribution is -2.31. The Morgan fingerprint density at radius 3 is 2.59 bits per heavy atom. The van der Waals surface area contributed by atoms with Crippen LogP contribution in [0, 0.1) is 0 Å². The summed E-state index contributed by atoms with van der Waals surface area (Å²) in [4.78, 5) is 10.4.